The second-order valence-electron chi connectivity index (χ2n) is 5.99. The molecule has 2 rings (SSSR count). The van der Waals surface area contributed by atoms with Gasteiger partial charge in [-0.15, -0.1) is 0 Å². The average molecular weight is 334 g/mol. The maximum atomic E-state index is 12.4. The molecule has 21 heavy (non-hydrogen) atoms. The lowest BCUT2D eigenvalue weighted by molar-refractivity contribution is -0.0794. The van der Waals surface area contributed by atoms with E-state index in [0.717, 1.165) is 22.3 Å². The van der Waals surface area contributed by atoms with Crippen LogP contribution in [0, 0.1) is 5.41 Å². The normalized spacial score (nSPS) is 24.9. The van der Waals surface area contributed by atoms with Crippen molar-refractivity contribution in [2.45, 2.75) is 37.3 Å². The van der Waals surface area contributed by atoms with Crippen molar-refractivity contribution in [3.8, 4) is 0 Å². The number of nitrogen functional groups attached to an aromatic ring is 1. The quantitative estimate of drug-likeness (QED) is 0.840. The first-order chi connectivity index (χ1) is 9.62. The molecule has 7 nitrogen and oxygen atoms in total. The summed E-state index contributed by atoms with van der Waals surface area (Å²) in [5.41, 5.74) is 5.67. The Kier molecular flexibility index (Phi) is 4.22. The van der Waals surface area contributed by atoms with E-state index in [1.54, 1.807) is 7.11 Å². The van der Waals surface area contributed by atoms with Gasteiger partial charge in [-0.25, -0.2) is 12.7 Å². The Hall–Kier alpha value is -0.900. The van der Waals surface area contributed by atoms with Gasteiger partial charge in [0.15, 0.2) is 10.7 Å². The highest BCUT2D eigenvalue weighted by Crippen LogP contribution is 2.45. The van der Waals surface area contributed by atoms with Crippen LogP contribution in [0.25, 0.3) is 0 Å². The van der Waals surface area contributed by atoms with Gasteiger partial charge in [-0.05, 0) is 18.0 Å². The number of aromatic nitrogens is 1. The molecule has 1 fully saturated rings. The minimum Gasteiger partial charge on any atom is -0.382 e. The topological polar surface area (TPSA) is 97.5 Å². The van der Waals surface area contributed by atoms with Gasteiger partial charge in [-0.2, -0.15) is 4.37 Å². The molecular weight excluding hydrogens is 312 g/mol. The molecular formula is C12H22N4O3S2. The molecule has 1 heterocycles. The van der Waals surface area contributed by atoms with Crippen LogP contribution in [0.5, 0.6) is 0 Å². The first-order valence-corrected chi connectivity index (χ1v) is 8.80. The third-order valence-electron chi connectivity index (χ3n) is 4.18. The lowest BCUT2D eigenvalue weighted by Crippen LogP contribution is -2.57. The van der Waals surface area contributed by atoms with Gasteiger partial charge in [-0.1, -0.05) is 13.8 Å². The molecule has 1 aromatic rings. The van der Waals surface area contributed by atoms with Gasteiger partial charge in [0.1, 0.15) is 5.00 Å². The van der Waals surface area contributed by atoms with Crippen molar-refractivity contribution in [2.75, 3.05) is 32.3 Å². The van der Waals surface area contributed by atoms with E-state index in [4.69, 9.17) is 10.5 Å². The molecule has 0 amide bonds. The van der Waals surface area contributed by atoms with Gasteiger partial charge in [-0.3, -0.25) is 0 Å². The molecule has 0 aliphatic heterocycles. The summed E-state index contributed by atoms with van der Waals surface area (Å²) >= 11 is 1.07. The van der Waals surface area contributed by atoms with Gasteiger partial charge in [0, 0.05) is 32.7 Å². The van der Waals surface area contributed by atoms with E-state index in [1.807, 2.05) is 0 Å². The molecule has 0 aromatic carbocycles. The van der Waals surface area contributed by atoms with Crippen molar-refractivity contribution in [3.63, 3.8) is 0 Å². The van der Waals surface area contributed by atoms with Gasteiger partial charge in [0.05, 0.1) is 6.10 Å². The largest absolute Gasteiger partial charge is 0.382 e. The summed E-state index contributed by atoms with van der Waals surface area (Å²) in [7, 11) is 1.02. The number of methoxy groups -OCH3 is 1. The van der Waals surface area contributed by atoms with Crippen LogP contribution in [0.4, 0.5) is 10.8 Å². The molecule has 0 bridgehead atoms. The Labute approximate surface area is 129 Å². The number of nitrogens with two attached hydrogens (primary N) is 1. The fraction of sp³-hybridized carbons (Fsp3) is 0.750. The summed E-state index contributed by atoms with van der Waals surface area (Å²) in [5.74, 6) is 0.0385. The number of hydrogen-bond donors (Lipinski definition) is 2. The molecule has 120 valence electrons. The zero-order valence-corrected chi connectivity index (χ0v) is 14.5. The molecule has 1 aromatic heterocycles. The van der Waals surface area contributed by atoms with Crippen LogP contribution in [0.3, 0.4) is 0 Å². The maximum Gasteiger partial charge on any atom is 0.249 e. The summed E-state index contributed by atoms with van der Waals surface area (Å²) in [5, 5.41) is 3.77. The molecule has 0 spiro atoms. The third-order valence-corrected chi connectivity index (χ3v) is 6.99. The first-order valence-electron chi connectivity index (χ1n) is 6.59. The van der Waals surface area contributed by atoms with Crippen molar-refractivity contribution in [3.05, 3.63) is 0 Å². The van der Waals surface area contributed by atoms with Crippen LogP contribution in [0.1, 0.15) is 20.3 Å². The van der Waals surface area contributed by atoms with Crippen molar-refractivity contribution >= 4 is 32.4 Å². The van der Waals surface area contributed by atoms with Crippen molar-refractivity contribution in [1.29, 1.82) is 0 Å². The maximum absolute atomic E-state index is 12.4. The standard InChI is InChI=1S/C12H22N4O3S2/c1-12(2)7(6-8(12)19-5)14-11-9(10(13)15-20-11)21(17,18)16(3)4/h7-8,14H,6H2,1-5H3,(H2,13,15). The second kappa shape index (κ2) is 5.38. The smallest absolute Gasteiger partial charge is 0.249 e. The summed E-state index contributed by atoms with van der Waals surface area (Å²) in [6, 6.07) is 0.124. The molecule has 1 aliphatic rings. The highest BCUT2D eigenvalue weighted by molar-refractivity contribution is 7.89. The predicted octanol–water partition coefficient (Wildman–Crippen LogP) is 1.20. The van der Waals surface area contributed by atoms with Crippen LogP contribution in [0.15, 0.2) is 4.90 Å². The fourth-order valence-electron chi connectivity index (χ4n) is 2.51. The molecule has 9 heteroatoms. The monoisotopic (exact) mass is 334 g/mol. The van der Waals surface area contributed by atoms with Crippen LogP contribution in [-0.4, -0.2) is 50.4 Å². The number of hydrogen-bond acceptors (Lipinski definition) is 7. The van der Waals surface area contributed by atoms with Crippen LogP contribution >= 0.6 is 11.5 Å². The van der Waals surface area contributed by atoms with E-state index in [9.17, 15) is 8.42 Å². The van der Waals surface area contributed by atoms with Gasteiger partial charge < -0.3 is 15.8 Å². The lowest BCUT2D eigenvalue weighted by atomic mass is 9.64. The Morgan fingerprint density at radius 3 is 2.57 bits per heavy atom. The molecule has 1 saturated carbocycles. The summed E-state index contributed by atoms with van der Waals surface area (Å²) in [4.78, 5) is 0.0640. The SMILES string of the molecule is COC1CC(Nc2snc(N)c2S(=O)(=O)N(C)C)C1(C)C. The molecule has 2 atom stereocenters. The highest BCUT2D eigenvalue weighted by atomic mass is 32.2. The average Bonchev–Trinajstić information content (AvgIpc) is 2.75. The number of anilines is 2. The molecule has 3 N–H and O–H groups in total. The Bertz CT molecular complexity index is 624. The van der Waals surface area contributed by atoms with Crippen LogP contribution in [0.2, 0.25) is 0 Å². The first kappa shape index (κ1) is 16.5. The molecule has 1 aliphatic carbocycles. The third kappa shape index (κ3) is 2.63. The number of rotatable bonds is 5. The molecule has 0 radical (unpaired) electrons. The lowest BCUT2D eigenvalue weighted by Gasteiger charge is -2.51. The number of nitrogens with zero attached hydrogens (tertiary/aromatic N) is 2. The zero-order valence-electron chi connectivity index (χ0n) is 12.9. The van der Waals surface area contributed by atoms with Crippen LogP contribution < -0.4 is 11.1 Å². The second-order valence-corrected chi connectivity index (χ2v) is 8.85. The van der Waals surface area contributed by atoms with E-state index >= 15 is 0 Å². The Balaban J connectivity index is 2.28. The predicted molar refractivity (Wildman–Crippen MR) is 84.0 cm³/mol. The number of sulfonamides is 1. The summed E-state index contributed by atoms with van der Waals surface area (Å²) in [6.45, 7) is 4.18. The van der Waals surface area contributed by atoms with Crippen molar-refractivity contribution in [2.24, 2.45) is 5.41 Å². The van der Waals surface area contributed by atoms with Crippen LogP contribution in [-0.2, 0) is 14.8 Å². The number of nitrogens with one attached hydrogen (secondary N) is 1. The van der Waals surface area contributed by atoms with Gasteiger partial charge in [0.25, 0.3) is 0 Å². The van der Waals surface area contributed by atoms with E-state index in [1.165, 1.54) is 14.1 Å². The minimum absolute atomic E-state index is 0.0385. The summed E-state index contributed by atoms with van der Waals surface area (Å²) in [6.07, 6.45) is 0.983. The van der Waals surface area contributed by atoms with Gasteiger partial charge in [0.2, 0.25) is 10.0 Å². The van der Waals surface area contributed by atoms with E-state index in [0.29, 0.717) is 5.00 Å². The van der Waals surface area contributed by atoms with Crippen molar-refractivity contribution < 1.29 is 13.2 Å². The Morgan fingerprint density at radius 2 is 2.10 bits per heavy atom. The van der Waals surface area contributed by atoms with E-state index < -0.39 is 10.0 Å². The van der Waals surface area contributed by atoms with Crippen molar-refractivity contribution in [1.82, 2.24) is 8.68 Å². The van der Waals surface area contributed by atoms with Gasteiger partial charge >= 0.3 is 0 Å². The van der Waals surface area contributed by atoms with E-state index in [-0.39, 0.29) is 28.3 Å². The molecule has 2 unspecified atom stereocenters. The van der Waals surface area contributed by atoms with E-state index in [2.05, 4.69) is 23.5 Å². The number of ether oxygens (including phenoxy) is 1. The fourth-order valence-corrected chi connectivity index (χ4v) is 4.62. The summed E-state index contributed by atoms with van der Waals surface area (Å²) < 4.78 is 35.2. The minimum atomic E-state index is -3.62. The highest BCUT2D eigenvalue weighted by Gasteiger charge is 2.49. The molecule has 0 saturated heterocycles. The Morgan fingerprint density at radius 1 is 1.48 bits per heavy atom. The zero-order chi connectivity index (χ0) is 16.0.